The van der Waals surface area contributed by atoms with E-state index in [1.54, 1.807) is 24.3 Å². The highest BCUT2D eigenvalue weighted by molar-refractivity contribution is 14.1. The van der Waals surface area contributed by atoms with Gasteiger partial charge in [0.25, 0.3) is 5.91 Å². The fourth-order valence-corrected chi connectivity index (χ4v) is 3.87. The van der Waals surface area contributed by atoms with Gasteiger partial charge in [-0.05, 0) is 77.4 Å². The molecule has 0 atom stereocenters. The van der Waals surface area contributed by atoms with Gasteiger partial charge in [-0.3, -0.25) is 4.79 Å². The van der Waals surface area contributed by atoms with Gasteiger partial charge < -0.3 is 10.1 Å². The van der Waals surface area contributed by atoms with E-state index in [0.29, 0.717) is 12.3 Å². The standard InChI is InChI=1S/C18H19IN2O4S/c19-14-3-7-16(8-4-14)25-12-18(22)20-11-13-1-9-17(10-2-13)26(23,24)21-15-5-6-15/h1-4,7-10,15,21H,5-6,11-12H2,(H,20,22). The van der Waals surface area contributed by atoms with Gasteiger partial charge in [-0.2, -0.15) is 0 Å². The van der Waals surface area contributed by atoms with Gasteiger partial charge >= 0.3 is 0 Å². The number of nitrogens with one attached hydrogen (secondary N) is 2. The van der Waals surface area contributed by atoms with Crippen molar-refractivity contribution < 1.29 is 17.9 Å². The second-order valence-corrected chi connectivity index (χ2v) is 9.02. The molecule has 0 spiro atoms. The molecule has 8 heteroatoms. The molecule has 1 aliphatic rings. The Morgan fingerprint density at radius 3 is 2.35 bits per heavy atom. The number of hydrogen-bond donors (Lipinski definition) is 2. The summed E-state index contributed by atoms with van der Waals surface area (Å²) >= 11 is 2.20. The van der Waals surface area contributed by atoms with Crippen LogP contribution < -0.4 is 14.8 Å². The van der Waals surface area contributed by atoms with E-state index in [4.69, 9.17) is 4.74 Å². The van der Waals surface area contributed by atoms with Gasteiger partial charge in [-0.1, -0.05) is 12.1 Å². The normalized spacial score (nSPS) is 14.0. The Labute approximate surface area is 166 Å². The highest BCUT2D eigenvalue weighted by Gasteiger charge is 2.27. The van der Waals surface area contributed by atoms with E-state index in [-0.39, 0.29) is 23.5 Å². The van der Waals surface area contributed by atoms with Crippen LogP contribution in [0.1, 0.15) is 18.4 Å². The summed E-state index contributed by atoms with van der Waals surface area (Å²) in [5.74, 6) is 0.397. The van der Waals surface area contributed by atoms with E-state index in [1.165, 1.54) is 0 Å². The predicted molar refractivity (Wildman–Crippen MR) is 106 cm³/mol. The molecule has 0 unspecified atom stereocenters. The summed E-state index contributed by atoms with van der Waals surface area (Å²) in [6.07, 6.45) is 1.79. The fourth-order valence-electron chi connectivity index (χ4n) is 2.21. The highest BCUT2D eigenvalue weighted by Crippen LogP contribution is 2.22. The predicted octanol–water partition coefficient (Wildman–Crippen LogP) is 2.43. The Bertz CT molecular complexity index is 863. The number of sulfonamides is 1. The zero-order chi connectivity index (χ0) is 18.6. The van der Waals surface area contributed by atoms with Crippen LogP contribution in [0.25, 0.3) is 0 Å². The highest BCUT2D eigenvalue weighted by atomic mass is 127. The van der Waals surface area contributed by atoms with Crippen molar-refractivity contribution in [2.75, 3.05) is 6.61 Å². The molecule has 1 aliphatic carbocycles. The number of carbonyl (C=O) groups excluding carboxylic acids is 1. The number of rotatable bonds is 8. The minimum atomic E-state index is -3.45. The van der Waals surface area contributed by atoms with Gasteiger partial charge in [0.15, 0.2) is 6.61 Å². The molecule has 2 aromatic carbocycles. The first-order valence-corrected chi connectivity index (χ1v) is 10.7. The lowest BCUT2D eigenvalue weighted by atomic mass is 10.2. The molecule has 1 amide bonds. The van der Waals surface area contributed by atoms with E-state index in [0.717, 1.165) is 22.0 Å². The van der Waals surface area contributed by atoms with E-state index in [2.05, 4.69) is 32.6 Å². The number of amides is 1. The van der Waals surface area contributed by atoms with Gasteiger partial charge in [0.05, 0.1) is 4.90 Å². The van der Waals surface area contributed by atoms with Crippen molar-refractivity contribution in [1.82, 2.24) is 10.0 Å². The van der Waals surface area contributed by atoms with Crippen LogP contribution in [0.5, 0.6) is 5.75 Å². The molecule has 0 radical (unpaired) electrons. The molecule has 0 aromatic heterocycles. The van der Waals surface area contributed by atoms with E-state index < -0.39 is 10.0 Å². The molecule has 26 heavy (non-hydrogen) atoms. The molecule has 0 bridgehead atoms. The second kappa shape index (κ2) is 8.36. The molecular weight excluding hydrogens is 467 g/mol. The van der Waals surface area contributed by atoms with Crippen molar-refractivity contribution in [2.45, 2.75) is 30.3 Å². The van der Waals surface area contributed by atoms with Crippen LogP contribution >= 0.6 is 22.6 Å². The van der Waals surface area contributed by atoms with Gasteiger partial charge in [-0.15, -0.1) is 0 Å². The minimum Gasteiger partial charge on any atom is -0.484 e. The Balaban J connectivity index is 1.46. The SMILES string of the molecule is O=C(COc1ccc(I)cc1)NCc1ccc(S(=O)(=O)NC2CC2)cc1. The van der Waals surface area contributed by atoms with Crippen molar-refractivity contribution in [1.29, 1.82) is 0 Å². The second-order valence-electron chi connectivity index (χ2n) is 6.06. The first-order valence-electron chi connectivity index (χ1n) is 8.19. The molecule has 2 aromatic rings. The van der Waals surface area contributed by atoms with Crippen LogP contribution in [0.4, 0.5) is 0 Å². The summed E-state index contributed by atoms with van der Waals surface area (Å²) in [6.45, 7) is 0.240. The third kappa shape index (κ3) is 5.68. The monoisotopic (exact) mass is 486 g/mol. The molecule has 2 N–H and O–H groups in total. The molecule has 6 nitrogen and oxygen atoms in total. The van der Waals surface area contributed by atoms with Gasteiger partial charge in [0, 0.05) is 16.2 Å². The van der Waals surface area contributed by atoms with Crippen LogP contribution in [0.3, 0.4) is 0 Å². The Kier molecular flexibility index (Phi) is 6.15. The molecule has 0 aliphatic heterocycles. The van der Waals surface area contributed by atoms with Crippen LogP contribution in [0, 0.1) is 3.57 Å². The van der Waals surface area contributed by atoms with Gasteiger partial charge in [-0.25, -0.2) is 13.1 Å². The molecule has 0 saturated heterocycles. The zero-order valence-electron chi connectivity index (χ0n) is 13.9. The first kappa shape index (κ1) is 19.1. The van der Waals surface area contributed by atoms with Crippen LogP contribution in [-0.2, 0) is 21.4 Å². The van der Waals surface area contributed by atoms with Crippen molar-refractivity contribution in [2.24, 2.45) is 0 Å². The Morgan fingerprint density at radius 1 is 1.08 bits per heavy atom. The molecule has 1 fully saturated rings. The average molecular weight is 486 g/mol. The fraction of sp³-hybridized carbons (Fsp3) is 0.278. The van der Waals surface area contributed by atoms with E-state index in [9.17, 15) is 13.2 Å². The van der Waals surface area contributed by atoms with Crippen LogP contribution in [0.15, 0.2) is 53.4 Å². The lowest BCUT2D eigenvalue weighted by Crippen LogP contribution is -2.28. The van der Waals surface area contributed by atoms with Gasteiger partial charge in [0.1, 0.15) is 5.75 Å². The first-order chi connectivity index (χ1) is 12.4. The van der Waals surface area contributed by atoms with E-state index in [1.807, 2.05) is 24.3 Å². The van der Waals surface area contributed by atoms with Crippen molar-refractivity contribution in [3.05, 3.63) is 57.7 Å². The summed E-state index contributed by atoms with van der Waals surface area (Å²) in [5, 5.41) is 2.75. The van der Waals surface area contributed by atoms with Crippen LogP contribution in [0.2, 0.25) is 0 Å². The summed E-state index contributed by atoms with van der Waals surface area (Å²) < 4.78 is 33.4. The summed E-state index contributed by atoms with van der Waals surface area (Å²) in [7, 11) is -3.45. The zero-order valence-corrected chi connectivity index (χ0v) is 16.9. The van der Waals surface area contributed by atoms with Crippen molar-refractivity contribution in [3.8, 4) is 5.75 Å². The third-order valence-electron chi connectivity index (χ3n) is 3.81. The lowest BCUT2D eigenvalue weighted by Gasteiger charge is -2.09. The lowest BCUT2D eigenvalue weighted by molar-refractivity contribution is -0.123. The maximum absolute atomic E-state index is 12.1. The van der Waals surface area contributed by atoms with Crippen LogP contribution in [-0.4, -0.2) is 27.0 Å². The quantitative estimate of drug-likeness (QED) is 0.562. The topological polar surface area (TPSA) is 84.5 Å². The molecule has 0 heterocycles. The van der Waals surface area contributed by atoms with E-state index >= 15 is 0 Å². The largest absolute Gasteiger partial charge is 0.484 e. The average Bonchev–Trinajstić information content (AvgIpc) is 3.43. The Hall–Kier alpha value is -1.65. The number of benzene rings is 2. The number of halogens is 1. The molecular formula is C18H19IN2O4S. The summed E-state index contributed by atoms with van der Waals surface area (Å²) in [4.78, 5) is 12.1. The third-order valence-corrected chi connectivity index (χ3v) is 6.06. The summed E-state index contributed by atoms with van der Waals surface area (Å²) in [6, 6.07) is 14.0. The number of carbonyl (C=O) groups is 1. The minimum absolute atomic E-state index is 0.0711. The maximum atomic E-state index is 12.1. The number of ether oxygens (including phenoxy) is 1. The van der Waals surface area contributed by atoms with Gasteiger partial charge in [0.2, 0.25) is 10.0 Å². The number of hydrogen-bond acceptors (Lipinski definition) is 4. The molecule has 1 saturated carbocycles. The van der Waals surface area contributed by atoms with Crippen molar-refractivity contribution >= 4 is 38.5 Å². The smallest absolute Gasteiger partial charge is 0.258 e. The molecule has 138 valence electrons. The Morgan fingerprint density at radius 2 is 1.73 bits per heavy atom. The molecule has 3 rings (SSSR count). The summed E-state index contributed by atoms with van der Waals surface area (Å²) in [5.41, 5.74) is 0.818. The maximum Gasteiger partial charge on any atom is 0.258 e. The van der Waals surface area contributed by atoms with Crippen molar-refractivity contribution in [3.63, 3.8) is 0 Å².